The van der Waals surface area contributed by atoms with Crippen molar-refractivity contribution >= 4 is 27.5 Å². The molecule has 0 aliphatic carbocycles. The fourth-order valence-electron chi connectivity index (χ4n) is 2.77. The normalized spacial score (nSPS) is 15.4. The number of nitrogens with two attached hydrogens (primary N) is 1. The lowest BCUT2D eigenvalue weighted by Crippen LogP contribution is -2.42. The van der Waals surface area contributed by atoms with Gasteiger partial charge in [0.1, 0.15) is 11.9 Å². The fourth-order valence-corrected chi connectivity index (χ4v) is 3.15. The standard InChI is InChI=1S/C18H19BrN2O2/c19-13-6-7-16(17(20)12-13)18(22)21-10-8-15(9-11-21)23-14-4-2-1-3-5-14/h1-7,12,15H,8-11,20H2. The number of piperidine rings is 1. The molecule has 2 aromatic rings. The van der Waals surface area contributed by atoms with E-state index in [2.05, 4.69) is 15.9 Å². The Labute approximate surface area is 144 Å². The van der Waals surface area contributed by atoms with Crippen LogP contribution >= 0.6 is 15.9 Å². The molecule has 0 atom stereocenters. The Morgan fingerprint density at radius 3 is 2.48 bits per heavy atom. The maximum atomic E-state index is 12.6. The molecule has 0 radical (unpaired) electrons. The number of halogens is 1. The smallest absolute Gasteiger partial charge is 0.255 e. The van der Waals surface area contributed by atoms with Gasteiger partial charge in [-0.25, -0.2) is 0 Å². The first-order valence-electron chi connectivity index (χ1n) is 7.69. The summed E-state index contributed by atoms with van der Waals surface area (Å²) in [7, 11) is 0. The number of hydrogen-bond donors (Lipinski definition) is 1. The number of anilines is 1. The average molecular weight is 375 g/mol. The van der Waals surface area contributed by atoms with Gasteiger partial charge in [0.25, 0.3) is 5.91 Å². The average Bonchev–Trinajstić information content (AvgIpc) is 2.56. The summed E-state index contributed by atoms with van der Waals surface area (Å²) < 4.78 is 6.84. The Kier molecular flexibility index (Phi) is 4.86. The third kappa shape index (κ3) is 3.85. The molecule has 23 heavy (non-hydrogen) atoms. The van der Waals surface area contributed by atoms with Gasteiger partial charge < -0.3 is 15.4 Å². The van der Waals surface area contributed by atoms with Crippen molar-refractivity contribution in [3.8, 4) is 5.75 Å². The van der Waals surface area contributed by atoms with Gasteiger partial charge in [0.2, 0.25) is 0 Å². The molecular weight excluding hydrogens is 356 g/mol. The molecule has 2 aromatic carbocycles. The van der Waals surface area contributed by atoms with Crippen LogP contribution in [0.15, 0.2) is 53.0 Å². The molecule has 0 bridgehead atoms. The minimum Gasteiger partial charge on any atom is -0.490 e. The van der Waals surface area contributed by atoms with Crippen LogP contribution in [0.2, 0.25) is 0 Å². The number of nitrogen functional groups attached to an aromatic ring is 1. The van der Waals surface area contributed by atoms with Gasteiger partial charge in [0.15, 0.2) is 0 Å². The van der Waals surface area contributed by atoms with E-state index >= 15 is 0 Å². The number of ether oxygens (including phenoxy) is 1. The van der Waals surface area contributed by atoms with Gasteiger partial charge in [-0.2, -0.15) is 0 Å². The van der Waals surface area contributed by atoms with Crippen molar-refractivity contribution in [1.82, 2.24) is 4.90 Å². The second kappa shape index (κ2) is 7.04. The fraction of sp³-hybridized carbons (Fsp3) is 0.278. The van der Waals surface area contributed by atoms with Crippen LogP contribution in [-0.2, 0) is 0 Å². The Morgan fingerprint density at radius 1 is 1.13 bits per heavy atom. The Balaban J connectivity index is 1.59. The van der Waals surface area contributed by atoms with Gasteiger partial charge in [-0.1, -0.05) is 34.1 Å². The Morgan fingerprint density at radius 2 is 1.83 bits per heavy atom. The summed E-state index contributed by atoms with van der Waals surface area (Å²) in [6.07, 6.45) is 1.82. The van der Waals surface area contributed by atoms with Gasteiger partial charge >= 0.3 is 0 Å². The van der Waals surface area contributed by atoms with E-state index in [1.807, 2.05) is 41.3 Å². The van der Waals surface area contributed by atoms with Crippen LogP contribution in [-0.4, -0.2) is 30.0 Å². The summed E-state index contributed by atoms with van der Waals surface area (Å²) in [5, 5.41) is 0. The van der Waals surface area contributed by atoms with Crippen LogP contribution in [0.5, 0.6) is 5.75 Å². The molecule has 1 amide bonds. The van der Waals surface area contributed by atoms with Crippen molar-refractivity contribution in [2.45, 2.75) is 18.9 Å². The third-order valence-electron chi connectivity index (χ3n) is 4.02. The van der Waals surface area contributed by atoms with E-state index < -0.39 is 0 Å². The molecular formula is C18H19BrN2O2. The lowest BCUT2D eigenvalue weighted by atomic mass is 10.1. The first kappa shape index (κ1) is 15.9. The van der Waals surface area contributed by atoms with Crippen molar-refractivity contribution in [3.05, 3.63) is 58.6 Å². The van der Waals surface area contributed by atoms with E-state index in [4.69, 9.17) is 10.5 Å². The monoisotopic (exact) mass is 374 g/mol. The van der Waals surface area contributed by atoms with Crippen molar-refractivity contribution in [1.29, 1.82) is 0 Å². The SMILES string of the molecule is Nc1cc(Br)ccc1C(=O)N1CCC(Oc2ccccc2)CC1. The number of benzene rings is 2. The van der Waals surface area contributed by atoms with Crippen molar-refractivity contribution in [3.63, 3.8) is 0 Å². The van der Waals surface area contributed by atoms with Crippen LogP contribution in [0.25, 0.3) is 0 Å². The molecule has 3 rings (SSSR count). The summed E-state index contributed by atoms with van der Waals surface area (Å²) in [6.45, 7) is 1.37. The van der Waals surface area contributed by atoms with Crippen LogP contribution < -0.4 is 10.5 Å². The first-order chi connectivity index (χ1) is 11.1. The van der Waals surface area contributed by atoms with E-state index in [0.717, 1.165) is 23.1 Å². The quantitative estimate of drug-likeness (QED) is 0.832. The summed E-state index contributed by atoms with van der Waals surface area (Å²) in [5.41, 5.74) is 7.03. The summed E-state index contributed by atoms with van der Waals surface area (Å²) >= 11 is 3.36. The Hall–Kier alpha value is -2.01. The van der Waals surface area contributed by atoms with Crippen molar-refractivity contribution in [2.75, 3.05) is 18.8 Å². The zero-order valence-electron chi connectivity index (χ0n) is 12.7. The van der Waals surface area contributed by atoms with Gasteiger partial charge in [0, 0.05) is 36.1 Å². The van der Waals surface area contributed by atoms with E-state index in [9.17, 15) is 4.79 Å². The van der Waals surface area contributed by atoms with E-state index in [-0.39, 0.29) is 12.0 Å². The van der Waals surface area contributed by atoms with Gasteiger partial charge in [0.05, 0.1) is 5.56 Å². The molecule has 1 heterocycles. The topological polar surface area (TPSA) is 55.6 Å². The second-order valence-corrected chi connectivity index (χ2v) is 6.57. The van der Waals surface area contributed by atoms with Crippen LogP contribution in [0.3, 0.4) is 0 Å². The molecule has 1 aliphatic heterocycles. The van der Waals surface area contributed by atoms with E-state index in [1.54, 1.807) is 12.1 Å². The number of rotatable bonds is 3. The van der Waals surface area contributed by atoms with Gasteiger partial charge in [-0.15, -0.1) is 0 Å². The zero-order chi connectivity index (χ0) is 16.2. The highest BCUT2D eigenvalue weighted by Gasteiger charge is 2.25. The molecule has 1 fully saturated rings. The number of nitrogens with zero attached hydrogens (tertiary/aromatic N) is 1. The number of carbonyl (C=O) groups excluding carboxylic acids is 1. The second-order valence-electron chi connectivity index (χ2n) is 5.65. The van der Waals surface area contributed by atoms with Crippen LogP contribution in [0.4, 0.5) is 5.69 Å². The molecule has 0 saturated carbocycles. The van der Waals surface area contributed by atoms with Gasteiger partial charge in [-0.3, -0.25) is 4.79 Å². The summed E-state index contributed by atoms with van der Waals surface area (Å²) in [4.78, 5) is 14.4. The number of carbonyl (C=O) groups is 1. The Bertz CT molecular complexity index is 683. The molecule has 2 N–H and O–H groups in total. The van der Waals surface area contributed by atoms with E-state index in [1.165, 1.54) is 0 Å². The maximum absolute atomic E-state index is 12.6. The molecule has 4 nitrogen and oxygen atoms in total. The van der Waals surface area contributed by atoms with Crippen molar-refractivity contribution in [2.24, 2.45) is 0 Å². The molecule has 0 unspecified atom stereocenters. The molecule has 120 valence electrons. The van der Waals surface area contributed by atoms with Crippen LogP contribution in [0.1, 0.15) is 23.2 Å². The number of amides is 1. The molecule has 1 saturated heterocycles. The molecule has 0 spiro atoms. The van der Waals surface area contributed by atoms with Crippen LogP contribution in [0, 0.1) is 0 Å². The summed E-state index contributed by atoms with van der Waals surface area (Å²) in [6, 6.07) is 15.2. The largest absolute Gasteiger partial charge is 0.490 e. The minimum absolute atomic E-state index is 0.00633. The lowest BCUT2D eigenvalue weighted by molar-refractivity contribution is 0.0596. The highest BCUT2D eigenvalue weighted by molar-refractivity contribution is 9.10. The highest BCUT2D eigenvalue weighted by atomic mass is 79.9. The maximum Gasteiger partial charge on any atom is 0.255 e. The predicted molar refractivity (Wildman–Crippen MR) is 94.5 cm³/mol. The third-order valence-corrected chi connectivity index (χ3v) is 4.51. The lowest BCUT2D eigenvalue weighted by Gasteiger charge is -2.32. The van der Waals surface area contributed by atoms with E-state index in [0.29, 0.717) is 24.3 Å². The highest BCUT2D eigenvalue weighted by Crippen LogP contribution is 2.23. The summed E-state index contributed by atoms with van der Waals surface area (Å²) in [5.74, 6) is 0.877. The number of likely N-dealkylation sites (tertiary alicyclic amines) is 1. The molecule has 0 aromatic heterocycles. The number of hydrogen-bond acceptors (Lipinski definition) is 3. The number of para-hydroxylation sites is 1. The molecule has 1 aliphatic rings. The molecule has 5 heteroatoms. The predicted octanol–water partition coefficient (Wildman–Crippen LogP) is 3.71. The minimum atomic E-state index is -0.00633. The zero-order valence-corrected chi connectivity index (χ0v) is 14.3. The van der Waals surface area contributed by atoms with Crippen molar-refractivity contribution < 1.29 is 9.53 Å². The van der Waals surface area contributed by atoms with Gasteiger partial charge in [-0.05, 0) is 30.3 Å². The first-order valence-corrected chi connectivity index (χ1v) is 8.49.